The number of hydrogen-bond donors (Lipinski definition) is 3. The van der Waals surface area contributed by atoms with Crippen LogP contribution in [0.15, 0.2) is 24.3 Å². The second-order valence-electron chi connectivity index (χ2n) is 3.61. The van der Waals surface area contributed by atoms with Crippen LogP contribution in [-0.4, -0.2) is 31.5 Å². The average molecular weight is 251 g/mol. The minimum absolute atomic E-state index is 0.0297. The topological polar surface area (TPSA) is 93.5 Å². The van der Waals surface area contributed by atoms with Crippen LogP contribution in [0.5, 0.6) is 5.75 Å². The Kier molecular flexibility index (Phi) is 5.66. The fraction of sp³-hybridized carbons (Fsp3) is 0.333. The first-order chi connectivity index (χ1) is 8.61. The number of carbonyl (C=O) groups is 2. The molecule has 2 amide bonds. The molecular formula is C12H17N3O3. The summed E-state index contributed by atoms with van der Waals surface area (Å²) in [4.78, 5) is 21.7. The van der Waals surface area contributed by atoms with E-state index in [1.165, 1.54) is 6.92 Å². The molecule has 1 aromatic carbocycles. The molecule has 6 heteroatoms. The quantitative estimate of drug-likeness (QED) is 0.625. The number of nitrogens with two attached hydrogens (primary N) is 1. The SMILES string of the molecule is CC(=O)Nc1cccc(OCCNC(=O)CN)c1. The first-order valence-corrected chi connectivity index (χ1v) is 5.59. The molecule has 98 valence electrons. The molecule has 0 aliphatic carbocycles. The highest BCUT2D eigenvalue weighted by Crippen LogP contribution is 2.16. The molecule has 0 aromatic heterocycles. The van der Waals surface area contributed by atoms with Crippen molar-refractivity contribution in [3.05, 3.63) is 24.3 Å². The Morgan fingerprint density at radius 2 is 2.17 bits per heavy atom. The molecule has 1 aromatic rings. The molecule has 0 bridgehead atoms. The summed E-state index contributed by atoms with van der Waals surface area (Å²) in [6, 6.07) is 7.03. The molecule has 6 nitrogen and oxygen atoms in total. The molecule has 0 aliphatic rings. The van der Waals surface area contributed by atoms with Crippen LogP contribution in [0, 0.1) is 0 Å². The van der Waals surface area contributed by atoms with Gasteiger partial charge in [-0.2, -0.15) is 0 Å². The maximum absolute atomic E-state index is 10.9. The van der Waals surface area contributed by atoms with Gasteiger partial charge in [-0.3, -0.25) is 9.59 Å². The molecule has 0 atom stereocenters. The fourth-order valence-electron chi connectivity index (χ4n) is 1.30. The van der Waals surface area contributed by atoms with Crippen LogP contribution in [0.1, 0.15) is 6.92 Å². The zero-order valence-corrected chi connectivity index (χ0v) is 10.2. The Morgan fingerprint density at radius 1 is 1.39 bits per heavy atom. The van der Waals surface area contributed by atoms with Gasteiger partial charge >= 0.3 is 0 Å². The van der Waals surface area contributed by atoms with Gasteiger partial charge in [-0.05, 0) is 12.1 Å². The van der Waals surface area contributed by atoms with E-state index in [-0.39, 0.29) is 18.4 Å². The lowest BCUT2D eigenvalue weighted by Crippen LogP contribution is -2.33. The predicted octanol–water partition coefficient (Wildman–Crippen LogP) is 0.0987. The molecule has 0 fully saturated rings. The van der Waals surface area contributed by atoms with Crippen molar-refractivity contribution in [2.24, 2.45) is 5.73 Å². The van der Waals surface area contributed by atoms with Crippen LogP contribution in [0.4, 0.5) is 5.69 Å². The zero-order valence-electron chi connectivity index (χ0n) is 10.2. The van der Waals surface area contributed by atoms with E-state index >= 15 is 0 Å². The largest absolute Gasteiger partial charge is 0.492 e. The Morgan fingerprint density at radius 3 is 2.83 bits per heavy atom. The number of anilines is 1. The zero-order chi connectivity index (χ0) is 13.4. The van der Waals surface area contributed by atoms with Crippen LogP contribution >= 0.6 is 0 Å². The number of ether oxygens (including phenoxy) is 1. The smallest absolute Gasteiger partial charge is 0.233 e. The predicted molar refractivity (Wildman–Crippen MR) is 68.3 cm³/mol. The minimum atomic E-state index is -0.217. The van der Waals surface area contributed by atoms with Crippen molar-refractivity contribution in [1.29, 1.82) is 0 Å². The van der Waals surface area contributed by atoms with Crippen LogP contribution in [-0.2, 0) is 9.59 Å². The Labute approximate surface area is 105 Å². The van der Waals surface area contributed by atoms with E-state index in [0.29, 0.717) is 24.6 Å². The molecule has 0 heterocycles. The Hall–Kier alpha value is -2.08. The van der Waals surface area contributed by atoms with Crippen molar-refractivity contribution in [2.75, 3.05) is 25.0 Å². The van der Waals surface area contributed by atoms with E-state index in [1.54, 1.807) is 24.3 Å². The van der Waals surface area contributed by atoms with Gasteiger partial charge in [0, 0.05) is 18.7 Å². The third-order valence-electron chi connectivity index (χ3n) is 2.03. The lowest BCUT2D eigenvalue weighted by molar-refractivity contribution is -0.119. The van der Waals surface area contributed by atoms with E-state index in [1.807, 2.05) is 0 Å². The van der Waals surface area contributed by atoms with Crippen LogP contribution < -0.4 is 21.1 Å². The summed E-state index contributed by atoms with van der Waals surface area (Å²) in [5.41, 5.74) is 5.81. The highest BCUT2D eigenvalue weighted by atomic mass is 16.5. The molecule has 1 rings (SSSR count). The fourth-order valence-corrected chi connectivity index (χ4v) is 1.30. The third kappa shape index (κ3) is 5.31. The molecule has 0 saturated heterocycles. The third-order valence-corrected chi connectivity index (χ3v) is 2.03. The van der Waals surface area contributed by atoms with Gasteiger partial charge < -0.3 is 21.1 Å². The first kappa shape index (κ1) is 14.0. The summed E-state index contributed by atoms with van der Waals surface area (Å²) in [6.45, 7) is 2.14. The number of nitrogens with one attached hydrogen (secondary N) is 2. The maximum atomic E-state index is 10.9. The van der Waals surface area contributed by atoms with E-state index in [9.17, 15) is 9.59 Å². The lowest BCUT2D eigenvalue weighted by atomic mass is 10.3. The number of benzene rings is 1. The lowest BCUT2D eigenvalue weighted by Gasteiger charge is -2.08. The highest BCUT2D eigenvalue weighted by molar-refractivity contribution is 5.88. The van der Waals surface area contributed by atoms with Crippen molar-refractivity contribution in [3.8, 4) is 5.75 Å². The van der Waals surface area contributed by atoms with Gasteiger partial charge in [0.1, 0.15) is 12.4 Å². The normalized spacial score (nSPS) is 9.67. The Bertz CT molecular complexity index is 421. The monoisotopic (exact) mass is 251 g/mol. The Balaban J connectivity index is 2.38. The van der Waals surface area contributed by atoms with Crippen LogP contribution in [0.25, 0.3) is 0 Å². The van der Waals surface area contributed by atoms with E-state index in [0.717, 1.165) is 0 Å². The second kappa shape index (κ2) is 7.29. The van der Waals surface area contributed by atoms with Gasteiger partial charge in [0.05, 0.1) is 13.1 Å². The molecule has 4 N–H and O–H groups in total. The van der Waals surface area contributed by atoms with Gasteiger partial charge in [-0.1, -0.05) is 6.07 Å². The first-order valence-electron chi connectivity index (χ1n) is 5.59. The summed E-state index contributed by atoms with van der Waals surface area (Å²) in [6.07, 6.45) is 0. The van der Waals surface area contributed by atoms with Gasteiger partial charge in [-0.25, -0.2) is 0 Å². The molecule has 0 spiro atoms. The molecule has 0 unspecified atom stereocenters. The minimum Gasteiger partial charge on any atom is -0.492 e. The van der Waals surface area contributed by atoms with Crippen molar-refractivity contribution in [3.63, 3.8) is 0 Å². The molecule has 0 saturated carbocycles. The molecule has 0 aliphatic heterocycles. The maximum Gasteiger partial charge on any atom is 0.233 e. The van der Waals surface area contributed by atoms with Crippen molar-refractivity contribution in [2.45, 2.75) is 6.92 Å². The average Bonchev–Trinajstić information content (AvgIpc) is 2.34. The molecular weight excluding hydrogens is 234 g/mol. The standard InChI is InChI=1S/C12H17N3O3/c1-9(16)15-10-3-2-4-11(7-10)18-6-5-14-12(17)8-13/h2-4,7H,5-6,8,13H2,1H3,(H,14,17)(H,15,16). The summed E-state index contributed by atoms with van der Waals surface area (Å²) in [5.74, 6) is 0.274. The summed E-state index contributed by atoms with van der Waals surface area (Å²) < 4.78 is 5.42. The van der Waals surface area contributed by atoms with Crippen LogP contribution in [0.3, 0.4) is 0 Å². The van der Waals surface area contributed by atoms with Crippen LogP contribution in [0.2, 0.25) is 0 Å². The van der Waals surface area contributed by atoms with Crippen molar-refractivity contribution in [1.82, 2.24) is 5.32 Å². The van der Waals surface area contributed by atoms with Gasteiger partial charge in [0.2, 0.25) is 11.8 Å². The molecule has 0 radical (unpaired) electrons. The van der Waals surface area contributed by atoms with Gasteiger partial charge in [0.15, 0.2) is 0 Å². The number of hydrogen-bond acceptors (Lipinski definition) is 4. The van der Waals surface area contributed by atoms with Crippen molar-refractivity contribution >= 4 is 17.5 Å². The second-order valence-corrected chi connectivity index (χ2v) is 3.61. The highest BCUT2D eigenvalue weighted by Gasteiger charge is 1.99. The van der Waals surface area contributed by atoms with E-state index < -0.39 is 0 Å². The summed E-state index contributed by atoms with van der Waals surface area (Å²) >= 11 is 0. The van der Waals surface area contributed by atoms with E-state index in [4.69, 9.17) is 10.5 Å². The summed E-state index contributed by atoms with van der Waals surface area (Å²) in [7, 11) is 0. The number of amides is 2. The van der Waals surface area contributed by atoms with Gasteiger partial charge in [-0.15, -0.1) is 0 Å². The van der Waals surface area contributed by atoms with Gasteiger partial charge in [0.25, 0.3) is 0 Å². The summed E-state index contributed by atoms with van der Waals surface area (Å²) in [5, 5.41) is 5.25. The number of carbonyl (C=O) groups excluding carboxylic acids is 2. The van der Waals surface area contributed by atoms with E-state index in [2.05, 4.69) is 10.6 Å². The van der Waals surface area contributed by atoms with Crippen molar-refractivity contribution < 1.29 is 14.3 Å². The number of rotatable bonds is 6. The molecule has 18 heavy (non-hydrogen) atoms.